The predicted molar refractivity (Wildman–Crippen MR) is 116 cm³/mol. The summed E-state index contributed by atoms with van der Waals surface area (Å²) in [5.74, 6) is 0.775. The van der Waals surface area contributed by atoms with E-state index in [1.165, 1.54) is 12.1 Å². The molecule has 0 bridgehead atoms. The van der Waals surface area contributed by atoms with Crippen molar-refractivity contribution in [1.29, 1.82) is 0 Å². The Labute approximate surface area is 175 Å². The molecule has 1 atom stereocenters. The fourth-order valence-corrected chi connectivity index (χ4v) is 2.88. The second-order valence-electron chi connectivity index (χ2n) is 6.73. The molecule has 0 heterocycles. The van der Waals surface area contributed by atoms with Crippen LogP contribution in [0.15, 0.2) is 72.8 Å². The molecule has 1 unspecified atom stereocenters. The smallest absolute Gasteiger partial charge is 0.246 e. The molecule has 0 spiro atoms. The number of hydrogen-bond donors (Lipinski definition) is 2. The second kappa shape index (κ2) is 10.3. The van der Waals surface area contributed by atoms with Crippen molar-refractivity contribution in [3.8, 4) is 11.5 Å². The molecule has 0 fully saturated rings. The van der Waals surface area contributed by atoms with Crippen LogP contribution in [0.2, 0.25) is 0 Å². The van der Waals surface area contributed by atoms with Crippen molar-refractivity contribution >= 4 is 17.3 Å². The number of halogens is 1. The number of benzene rings is 3. The van der Waals surface area contributed by atoms with E-state index in [2.05, 4.69) is 10.6 Å². The van der Waals surface area contributed by atoms with Gasteiger partial charge in [-0.3, -0.25) is 4.79 Å². The van der Waals surface area contributed by atoms with Crippen molar-refractivity contribution in [3.63, 3.8) is 0 Å². The molecular weight excluding hydrogens is 383 g/mol. The van der Waals surface area contributed by atoms with E-state index in [9.17, 15) is 9.18 Å². The molecular formula is C24H25FN2O3. The fourth-order valence-electron chi connectivity index (χ4n) is 2.88. The van der Waals surface area contributed by atoms with Crippen LogP contribution in [0.3, 0.4) is 0 Å². The van der Waals surface area contributed by atoms with Gasteiger partial charge in [-0.2, -0.15) is 0 Å². The first-order chi connectivity index (χ1) is 14.5. The summed E-state index contributed by atoms with van der Waals surface area (Å²) in [6.07, 6.45) is 0. The zero-order valence-electron chi connectivity index (χ0n) is 17.0. The van der Waals surface area contributed by atoms with E-state index in [4.69, 9.17) is 9.47 Å². The Morgan fingerprint density at radius 2 is 1.80 bits per heavy atom. The Morgan fingerprint density at radius 3 is 2.60 bits per heavy atom. The number of amides is 1. The van der Waals surface area contributed by atoms with Gasteiger partial charge in [-0.05, 0) is 55.8 Å². The zero-order valence-corrected chi connectivity index (χ0v) is 17.0. The maximum atomic E-state index is 13.3. The summed E-state index contributed by atoms with van der Waals surface area (Å²) < 4.78 is 24.6. The van der Waals surface area contributed by atoms with Gasteiger partial charge in [0.1, 0.15) is 30.0 Å². The van der Waals surface area contributed by atoms with Crippen LogP contribution in [0.25, 0.3) is 0 Å². The van der Waals surface area contributed by atoms with E-state index in [0.717, 1.165) is 11.3 Å². The van der Waals surface area contributed by atoms with Crippen LogP contribution in [0.1, 0.15) is 19.4 Å². The van der Waals surface area contributed by atoms with Gasteiger partial charge in [0.2, 0.25) is 5.91 Å². The summed E-state index contributed by atoms with van der Waals surface area (Å²) in [5.41, 5.74) is 2.12. The molecule has 3 aromatic rings. The van der Waals surface area contributed by atoms with E-state index < -0.39 is 6.04 Å². The maximum Gasteiger partial charge on any atom is 0.246 e. The molecule has 0 saturated carbocycles. The van der Waals surface area contributed by atoms with Gasteiger partial charge < -0.3 is 20.1 Å². The van der Waals surface area contributed by atoms with Crippen LogP contribution in [0, 0.1) is 5.82 Å². The number of carbonyl (C=O) groups is 1. The molecule has 156 valence electrons. The van der Waals surface area contributed by atoms with Gasteiger partial charge in [-0.15, -0.1) is 0 Å². The third-order valence-corrected chi connectivity index (χ3v) is 4.35. The van der Waals surface area contributed by atoms with Crippen molar-refractivity contribution in [1.82, 2.24) is 0 Å². The van der Waals surface area contributed by atoms with Crippen LogP contribution in [0.4, 0.5) is 15.8 Å². The van der Waals surface area contributed by atoms with Crippen LogP contribution in [-0.4, -0.2) is 18.6 Å². The van der Waals surface area contributed by atoms with Gasteiger partial charge in [0, 0.05) is 11.8 Å². The van der Waals surface area contributed by atoms with Crippen molar-refractivity contribution in [2.45, 2.75) is 26.5 Å². The third-order valence-electron chi connectivity index (χ3n) is 4.35. The van der Waals surface area contributed by atoms with Gasteiger partial charge >= 0.3 is 0 Å². The second-order valence-corrected chi connectivity index (χ2v) is 6.73. The zero-order chi connectivity index (χ0) is 21.3. The monoisotopic (exact) mass is 408 g/mol. The molecule has 0 aliphatic heterocycles. The molecule has 1 amide bonds. The summed E-state index contributed by atoms with van der Waals surface area (Å²) in [6.45, 7) is 4.44. The quantitative estimate of drug-likeness (QED) is 0.508. The van der Waals surface area contributed by atoms with Crippen LogP contribution in [-0.2, 0) is 11.4 Å². The first-order valence-corrected chi connectivity index (χ1v) is 9.81. The van der Waals surface area contributed by atoms with E-state index in [1.54, 1.807) is 31.2 Å². The minimum atomic E-state index is -0.488. The predicted octanol–water partition coefficient (Wildman–Crippen LogP) is 5.24. The summed E-state index contributed by atoms with van der Waals surface area (Å²) >= 11 is 0. The molecule has 5 nitrogen and oxygen atoms in total. The van der Waals surface area contributed by atoms with Gasteiger partial charge in [0.25, 0.3) is 0 Å². The lowest BCUT2D eigenvalue weighted by atomic mass is 10.2. The van der Waals surface area contributed by atoms with Gasteiger partial charge in [-0.1, -0.05) is 30.3 Å². The van der Waals surface area contributed by atoms with E-state index >= 15 is 0 Å². The molecule has 0 aliphatic carbocycles. The molecule has 0 aliphatic rings. The van der Waals surface area contributed by atoms with Crippen molar-refractivity contribution in [3.05, 3.63) is 84.2 Å². The third kappa shape index (κ3) is 5.98. The number of anilines is 2. The number of ether oxygens (including phenoxy) is 2. The van der Waals surface area contributed by atoms with Gasteiger partial charge in [-0.25, -0.2) is 4.39 Å². The van der Waals surface area contributed by atoms with Crippen LogP contribution in [0.5, 0.6) is 11.5 Å². The van der Waals surface area contributed by atoms with E-state index in [-0.39, 0.29) is 18.3 Å². The van der Waals surface area contributed by atoms with Crippen molar-refractivity contribution in [2.24, 2.45) is 0 Å². The summed E-state index contributed by atoms with van der Waals surface area (Å²) in [6, 6.07) is 20.4. The SMILES string of the molecule is CCOc1ccccc1NC(=O)C(C)Nc1cccc(OCc2cccc(F)c2)c1. The lowest BCUT2D eigenvalue weighted by Gasteiger charge is -2.17. The number of nitrogens with one attached hydrogen (secondary N) is 2. The highest BCUT2D eigenvalue weighted by Crippen LogP contribution is 2.24. The number of hydrogen-bond acceptors (Lipinski definition) is 4. The molecule has 0 radical (unpaired) electrons. The first-order valence-electron chi connectivity index (χ1n) is 9.81. The Kier molecular flexibility index (Phi) is 7.27. The fraction of sp³-hybridized carbons (Fsp3) is 0.208. The summed E-state index contributed by atoms with van der Waals surface area (Å²) in [4.78, 5) is 12.6. The Bertz CT molecular complexity index is 993. The number of carbonyl (C=O) groups excluding carboxylic acids is 1. The first kappa shape index (κ1) is 21.2. The van der Waals surface area contributed by atoms with E-state index in [1.807, 2.05) is 43.3 Å². The topological polar surface area (TPSA) is 59.6 Å². The lowest BCUT2D eigenvalue weighted by Crippen LogP contribution is -2.32. The van der Waals surface area contributed by atoms with Gasteiger partial charge in [0.05, 0.1) is 12.3 Å². The molecule has 0 aromatic heterocycles. The minimum Gasteiger partial charge on any atom is -0.492 e. The highest BCUT2D eigenvalue weighted by atomic mass is 19.1. The summed E-state index contributed by atoms with van der Waals surface area (Å²) in [7, 11) is 0. The lowest BCUT2D eigenvalue weighted by molar-refractivity contribution is -0.116. The molecule has 3 aromatic carbocycles. The highest BCUT2D eigenvalue weighted by molar-refractivity contribution is 5.97. The molecule has 30 heavy (non-hydrogen) atoms. The Balaban J connectivity index is 1.59. The molecule has 6 heteroatoms. The maximum absolute atomic E-state index is 13.3. The van der Waals surface area contributed by atoms with Crippen LogP contribution < -0.4 is 20.1 Å². The number of para-hydroxylation sites is 2. The average molecular weight is 408 g/mol. The van der Waals surface area contributed by atoms with Crippen molar-refractivity contribution in [2.75, 3.05) is 17.2 Å². The van der Waals surface area contributed by atoms with Crippen LogP contribution >= 0.6 is 0 Å². The standard InChI is InChI=1S/C24H25FN2O3/c1-3-29-23-13-5-4-12-22(23)27-24(28)17(2)26-20-10-7-11-21(15-20)30-16-18-8-6-9-19(25)14-18/h4-15,17,26H,3,16H2,1-2H3,(H,27,28). The minimum absolute atomic E-state index is 0.187. The normalized spacial score (nSPS) is 11.4. The number of rotatable bonds is 9. The largest absolute Gasteiger partial charge is 0.492 e. The summed E-state index contributed by atoms with van der Waals surface area (Å²) in [5, 5.41) is 6.06. The van der Waals surface area contributed by atoms with E-state index in [0.29, 0.717) is 23.8 Å². The Hall–Kier alpha value is -3.54. The Morgan fingerprint density at radius 1 is 1.00 bits per heavy atom. The average Bonchev–Trinajstić information content (AvgIpc) is 2.74. The molecule has 0 saturated heterocycles. The molecule has 2 N–H and O–H groups in total. The highest BCUT2D eigenvalue weighted by Gasteiger charge is 2.15. The molecule has 3 rings (SSSR count). The van der Waals surface area contributed by atoms with Crippen molar-refractivity contribution < 1.29 is 18.7 Å². The van der Waals surface area contributed by atoms with Gasteiger partial charge in [0.15, 0.2) is 0 Å².